The number of hydrogen-bond donors (Lipinski definition) is 0. The molecule has 0 atom stereocenters. The lowest BCUT2D eigenvalue weighted by Gasteiger charge is -2.08. The number of thiophene rings is 1. The van der Waals surface area contributed by atoms with Crippen LogP contribution >= 0.6 is 11.3 Å². The molecule has 0 fully saturated rings. The van der Waals surface area contributed by atoms with Gasteiger partial charge in [0.25, 0.3) is 0 Å². The van der Waals surface area contributed by atoms with E-state index in [0.29, 0.717) is 0 Å². The molecule has 1 aromatic rings. The summed E-state index contributed by atoms with van der Waals surface area (Å²) in [6.45, 7) is 18.1. The monoisotopic (exact) mass is 532 g/mol. The molecule has 0 spiro atoms. The molecule has 0 aliphatic heterocycles. The second kappa shape index (κ2) is 11.3. The van der Waals surface area contributed by atoms with Gasteiger partial charge in [-0.05, 0) is 147 Å². The molecule has 0 bridgehead atoms. The topological polar surface area (TPSA) is 0 Å². The van der Waals surface area contributed by atoms with Crippen molar-refractivity contribution in [3.05, 3.63) is 91.7 Å². The van der Waals surface area contributed by atoms with E-state index in [4.69, 9.17) is 0 Å². The molecule has 0 saturated carbocycles. The van der Waals surface area contributed by atoms with Crippen LogP contribution in [-0.4, -0.2) is 0 Å². The van der Waals surface area contributed by atoms with E-state index in [9.17, 15) is 0 Å². The zero-order valence-corrected chi connectivity index (χ0v) is 26.1. The van der Waals surface area contributed by atoms with Crippen LogP contribution in [0.3, 0.4) is 0 Å². The summed E-state index contributed by atoms with van der Waals surface area (Å²) in [5, 5.41) is 0. The van der Waals surface area contributed by atoms with Crippen LogP contribution in [0.4, 0.5) is 0 Å². The van der Waals surface area contributed by atoms with Gasteiger partial charge in [0.05, 0.1) is 0 Å². The molecule has 5 rings (SSSR count). The maximum Gasteiger partial charge on any atom is 0.0133 e. The Morgan fingerprint density at radius 3 is 1.05 bits per heavy atom. The highest BCUT2D eigenvalue weighted by molar-refractivity contribution is 7.13. The maximum atomic E-state index is 2.49. The second-order valence-electron chi connectivity index (χ2n) is 11.8. The Kier molecular flexibility index (Phi) is 8.01. The van der Waals surface area contributed by atoms with Gasteiger partial charge < -0.3 is 0 Å². The van der Waals surface area contributed by atoms with Crippen molar-refractivity contribution in [1.29, 1.82) is 0 Å². The molecule has 1 heterocycles. The van der Waals surface area contributed by atoms with Crippen LogP contribution in [-0.2, 0) is 12.8 Å². The third kappa shape index (κ3) is 5.31. The number of fused-ring (bicyclic) bond motifs is 2. The Balaban J connectivity index is 1.83. The van der Waals surface area contributed by atoms with Crippen molar-refractivity contribution in [1.82, 2.24) is 0 Å². The fourth-order valence-corrected chi connectivity index (χ4v) is 7.97. The van der Waals surface area contributed by atoms with E-state index in [0.717, 1.165) is 12.8 Å². The van der Waals surface area contributed by atoms with Gasteiger partial charge >= 0.3 is 0 Å². The van der Waals surface area contributed by atoms with Gasteiger partial charge in [-0.1, -0.05) is 62.1 Å². The van der Waals surface area contributed by atoms with Crippen LogP contribution in [0.1, 0.15) is 82.7 Å². The zero-order chi connectivity index (χ0) is 27.8. The molecule has 0 amide bonds. The minimum absolute atomic E-state index is 1.16. The summed E-state index contributed by atoms with van der Waals surface area (Å²) in [6.07, 6.45) is 7.25. The maximum absolute atomic E-state index is 2.49. The first-order chi connectivity index (χ1) is 18.7. The molecule has 0 radical (unpaired) electrons. The molecule has 0 nitrogen and oxygen atoms in total. The van der Waals surface area contributed by atoms with Crippen LogP contribution in [0.15, 0.2) is 48.5 Å². The highest BCUT2D eigenvalue weighted by Gasteiger charge is 2.25. The zero-order valence-electron chi connectivity index (χ0n) is 25.3. The van der Waals surface area contributed by atoms with E-state index in [2.05, 4.69) is 115 Å². The van der Waals surface area contributed by atoms with E-state index in [-0.39, 0.29) is 0 Å². The van der Waals surface area contributed by atoms with Crippen LogP contribution in [0.5, 0.6) is 0 Å². The van der Waals surface area contributed by atoms with Gasteiger partial charge in [-0.3, -0.25) is 0 Å². The van der Waals surface area contributed by atoms with E-state index in [1.807, 2.05) is 0 Å². The summed E-state index contributed by atoms with van der Waals surface area (Å²) in [4.78, 5) is 3.15. The average Bonchev–Trinajstić information content (AvgIpc) is 3.57. The summed E-state index contributed by atoms with van der Waals surface area (Å²) < 4.78 is 0. The molecule has 4 aliphatic carbocycles. The Labute approximate surface area is 240 Å². The van der Waals surface area contributed by atoms with Gasteiger partial charge in [0, 0.05) is 20.9 Å². The Hall–Kier alpha value is -2.90. The lowest BCUT2D eigenvalue weighted by atomic mass is 9.94. The molecule has 0 aromatic carbocycles. The van der Waals surface area contributed by atoms with Gasteiger partial charge in [-0.15, -0.1) is 11.3 Å². The smallest absolute Gasteiger partial charge is 0.0133 e. The summed E-state index contributed by atoms with van der Waals surface area (Å²) in [5.74, 6) is 0. The third-order valence-electron chi connectivity index (χ3n) is 8.40. The number of rotatable bonds is 8. The lowest BCUT2D eigenvalue weighted by molar-refractivity contribution is 0.804. The van der Waals surface area contributed by atoms with Gasteiger partial charge in [-0.2, -0.15) is 0 Å². The molecule has 4 aliphatic rings. The summed E-state index contributed by atoms with van der Waals surface area (Å²) in [7, 11) is 0. The molecule has 0 N–H and O–H groups in total. The summed E-state index contributed by atoms with van der Waals surface area (Å²) in [6, 6.07) is 19.3. The summed E-state index contributed by atoms with van der Waals surface area (Å²) >= 11 is 2.09. The van der Waals surface area contributed by atoms with E-state index in [1.54, 1.807) is 9.75 Å². The molecule has 1 heteroatoms. The van der Waals surface area contributed by atoms with Crippen molar-refractivity contribution >= 4 is 11.3 Å². The van der Waals surface area contributed by atoms with Crippen LogP contribution < -0.4 is 0 Å². The first-order valence-electron chi connectivity index (χ1n) is 14.9. The van der Waals surface area contributed by atoms with Gasteiger partial charge in [-0.25, -0.2) is 0 Å². The first kappa shape index (κ1) is 27.7. The molecule has 0 saturated heterocycles. The van der Waals surface area contributed by atoms with Crippen molar-refractivity contribution < 1.29 is 0 Å². The fourth-order valence-electron chi connectivity index (χ4n) is 6.54. The van der Waals surface area contributed by atoms with E-state index >= 15 is 0 Å². The number of aryl methyl sites for hydroxylation is 8. The van der Waals surface area contributed by atoms with Gasteiger partial charge in [0.1, 0.15) is 0 Å². The minimum atomic E-state index is 1.16. The van der Waals surface area contributed by atoms with Crippen molar-refractivity contribution in [3.8, 4) is 44.5 Å². The fraction of sp³-hybridized carbons (Fsp3) is 0.368. The van der Waals surface area contributed by atoms with Gasteiger partial charge in [0.15, 0.2) is 0 Å². The van der Waals surface area contributed by atoms with E-state index < -0.39 is 0 Å². The Bertz CT molecular complexity index is 1380. The predicted octanol–water partition coefficient (Wildman–Crippen LogP) is 11.8. The molecular formula is C38H44S. The molecule has 1 aromatic heterocycles. The van der Waals surface area contributed by atoms with Crippen molar-refractivity contribution in [3.63, 3.8) is 0 Å². The normalized spacial score (nSPS) is 11.7. The third-order valence-corrected chi connectivity index (χ3v) is 9.71. The molecule has 39 heavy (non-hydrogen) atoms. The second-order valence-corrected chi connectivity index (χ2v) is 13.0. The number of hydrogen-bond acceptors (Lipinski definition) is 1. The quantitative estimate of drug-likeness (QED) is 0.186. The highest BCUT2D eigenvalue weighted by atomic mass is 32.1. The van der Waals surface area contributed by atoms with E-state index in [1.165, 1.54) is 104 Å². The Morgan fingerprint density at radius 1 is 0.462 bits per heavy atom. The minimum Gasteiger partial charge on any atom is -0.144 e. The Morgan fingerprint density at radius 2 is 0.769 bits per heavy atom. The van der Waals surface area contributed by atoms with Crippen LogP contribution in [0.2, 0.25) is 0 Å². The SMILES string of the molecule is CCCCc1sc(CCCC)c(-c2cc3c(C)cc(C)cc(C)c-3c2)c1-c1cc2c(C)cc(C)cc(C)c-2c1. The first-order valence-corrected chi connectivity index (χ1v) is 15.7. The molecular weight excluding hydrogens is 488 g/mol. The molecule has 0 unspecified atom stereocenters. The molecule has 202 valence electrons. The lowest BCUT2D eigenvalue weighted by Crippen LogP contribution is -1.87. The largest absolute Gasteiger partial charge is 0.144 e. The van der Waals surface area contributed by atoms with Crippen molar-refractivity contribution in [2.24, 2.45) is 0 Å². The average molecular weight is 533 g/mol. The summed E-state index contributed by atoms with van der Waals surface area (Å²) in [5.41, 5.74) is 19.5. The van der Waals surface area contributed by atoms with Crippen molar-refractivity contribution in [2.45, 2.75) is 93.9 Å². The van der Waals surface area contributed by atoms with Crippen molar-refractivity contribution in [2.75, 3.05) is 0 Å². The van der Waals surface area contributed by atoms with Crippen LogP contribution in [0, 0.1) is 41.5 Å². The standard InChI is InChI=1S/C38H44S/c1-9-11-13-35-37(29-19-31-25(5)15-23(3)16-26(6)32(31)20-29)38(36(39-35)14-12-10-2)30-21-33-27(7)17-24(4)18-28(8)34(33)22-30/h15-22H,9-14H2,1-8H3. The predicted molar refractivity (Wildman–Crippen MR) is 174 cm³/mol. The number of unbranched alkanes of at least 4 members (excludes halogenated alkanes) is 2. The van der Waals surface area contributed by atoms with Gasteiger partial charge in [0.2, 0.25) is 0 Å². The highest BCUT2D eigenvalue weighted by Crippen LogP contribution is 2.49. The van der Waals surface area contributed by atoms with Crippen LogP contribution in [0.25, 0.3) is 44.5 Å².